The van der Waals surface area contributed by atoms with Gasteiger partial charge < -0.3 is 13.9 Å². The lowest BCUT2D eigenvalue weighted by Crippen LogP contribution is -2.09. The molecule has 20 heavy (non-hydrogen) atoms. The molecule has 102 valence electrons. The summed E-state index contributed by atoms with van der Waals surface area (Å²) in [6.07, 6.45) is 0. The van der Waals surface area contributed by atoms with Crippen molar-refractivity contribution in [1.82, 2.24) is 4.40 Å². The van der Waals surface area contributed by atoms with Gasteiger partial charge in [-0.05, 0) is 36.8 Å². The highest BCUT2D eigenvalue weighted by molar-refractivity contribution is 6.14. The van der Waals surface area contributed by atoms with Crippen LogP contribution in [-0.2, 0) is 9.47 Å². The Balaban J connectivity index is 2.51. The Morgan fingerprint density at radius 1 is 0.950 bits per heavy atom. The molecule has 0 saturated carbocycles. The maximum absolute atomic E-state index is 12.1. The lowest BCUT2D eigenvalue weighted by molar-refractivity contribution is 0.0559. The largest absolute Gasteiger partial charge is 0.465 e. The summed E-state index contributed by atoms with van der Waals surface area (Å²) in [6, 6.07) is 7.56. The van der Waals surface area contributed by atoms with E-state index in [1.165, 1.54) is 14.2 Å². The molecule has 0 saturated heterocycles. The summed E-state index contributed by atoms with van der Waals surface area (Å²) >= 11 is 0. The van der Waals surface area contributed by atoms with E-state index < -0.39 is 11.9 Å². The van der Waals surface area contributed by atoms with Crippen molar-refractivity contribution < 1.29 is 19.1 Å². The van der Waals surface area contributed by atoms with Gasteiger partial charge in [0.15, 0.2) is 0 Å². The van der Waals surface area contributed by atoms with Crippen molar-refractivity contribution in [3.8, 4) is 0 Å². The number of esters is 2. The number of aryl methyl sites for hydroxylation is 1. The molecule has 0 atom stereocenters. The van der Waals surface area contributed by atoms with Gasteiger partial charge in [0, 0.05) is 5.52 Å². The van der Waals surface area contributed by atoms with Crippen molar-refractivity contribution in [2.24, 2.45) is 0 Å². The van der Waals surface area contributed by atoms with E-state index in [1.54, 1.807) is 6.07 Å². The first-order valence-corrected chi connectivity index (χ1v) is 6.12. The Morgan fingerprint density at radius 3 is 2.15 bits per heavy atom. The number of nitrogens with zero attached hydrogens (tertiary/aromatic N) is 1. The van der Waals surface area contributed by atoms with Gasteiger partial charge in [0.1, 0.15) is 11.1 Å². The summed E-state index contributed by atoms with van der Waals surface area (Å²) in [5.74, 6) is -1.08. The standard InChI is InChI=1S/C15H13NO4/c1-8-6-9-4-5-10-12(14(17)19-2)13(15(18)20-3)11(7-8)16(9)10/h4-7H,1-3H3. The highest BCUT2D eigenvalue weighted by Crippen LogP contribution is 2.31. The van der Waals surface area contributed by atoms with Gasteiger partial charge in [0.05, 0.1) is 25.3 Å². The van der Waals surface area contributed by atoms with E-state index in [0.717, 1.165) is 11.1 Å². The van der Waals surface area contributed by atoms with E-state index in [0.29, 0.717) is 11.0 Å². The Morgan fingerprint density at radius 2 is 1.55 bits per heavy atom. The van der Waals surface area contributed by atoms with E-state index >= 15 is 0 Å². The van der Waals surface area contributed by atoms with E-state index in [2.05, 4.69) is 0 Å². The number of carbonyl (C=O) groups is 2. The van der Waals surface area contributed by atoms with Crippen LogP contribution >= 0.6 is 0 Å². The molecule has 0 spiro atoms. The molecule has 3 heterocycles. The Hall–Kier alpha value is -2.56. The molecule has 0 N–H and O–H groups in total. The smallest absolute Gasteiger partial charge is 0.340 e. The van der Waals surface area contributed by atoms with Gasteiger partial charge in [-0.25, -0.2) is 9.59 Å². The third-order valence-corrected chi connectivity index (χ3v) is 3.43. The number of carbonyl (C=O) groups excluding carboxylic acids is 2. The van der Waals surface area contributed by atoms with Crippen LogP contribution in [0.15, 0.2) is 24.3 Å². The molecular formula is C15H13NO4. The molecular weight excluding hydrogens is 258 g/mol. The maximum atomic E-state index is 12.1. The molecule has 0 unspecified atom stereocenters. The molecule has 0 aliphatic carbocycles. The summed E-state index contributed by atoms with van der Waals surface area (Å²) < 4.78 is 11.5. The highest BCUT2D eigenvalue weighted by atomic mass is 16.5. The number of aromatic nitrogens is 1. The van der Waals surface area contributed by atoms with Gasteiger partial charge >= 0.3 is 11.9 Å². The Labute approximate surface area is 115 Å². The molecule has 5 nitrogen and oxygen atoms in total. The van der Waals surface area contributed by atoms with Crippen molar-refractivity contribution in [3.05, 3.63) is 41.0 Å². The number of hydrogen-bond acceptors (Lipinski definition) is 4. The summed E-state index contributed by atoms with van der Waals surface area (Å²) in [6.45, 7) is 1.94. The van der Waals surface area contributed by atoms with Crippen LogP contribution in [0.25, 0.3) is 16.6 Å². The van der Waals surface area contributed by atoms with Gasteiger partial charge in [-0.15, -0.1) is 0 Å². The molecule has 5 heteroatoms. The van der Waals surface area contributed by atoms with Crippen LogP contribution in [0.3, 0.4) is 0 Å². The normalized spacial score (nSPS) is 11.2. The molecule has 0 aromatic carbocycles. The zero-order valence-corrected chi connectivity index (χ0v) is 11.4. The predicted molar refractivity (Wildman–Crippen MR) is 73.5 cm³/mol. The van der Waals surface area contributed by atoms with Gasteiger partial charge in [0.2, 0.25) is 0 Å². The second kappa shape index (κ2) is 4.23. The summed E-state index contributed by atoms with van der Waals surface area (Å²) in [5, 5.41) is 0. The minimum Gasteiger partial charge on any atom is -0.465 e. The molecule has 0 bridgehead atoms. The number of hydrogen-bond donors (Lipinski definition) is 0. The maximum Gasteiger partial charge on any atom is 0.340 e. The second-order valence-corrected chi connectivity index (χ2v) is 4.63. The summed E-state index contributed by atoms with van der Waals surface area (Å²) in [4.78, 5) is 24.1. The van der Waals surface area contributed by atoms with Crippen LogP contribution in [0.5, 0.6) is 0 Å². The van der Waals surface area contributed by atoms with E-state index in [9.17, 15) is 9.59 Å². The highest BCUT2D eigenvalue weighted by Gasteiger charge is 2.28. The zero-order valence-electron chi connectivity index (χ0n) is 11.4. The lowest BCUT2D eigenvalue weighted by Gasteiger charge is -2.03. The first-order valence-electron chi connectivity index (χ1n) is 6.12. The Kier molecular flexibility index (Phi) is 2.64. The second-order valence-electron chi connectivity index (χ2n) is 4.63. The number of pyridine rings is 1. The predicted octanol–water partition coefficient (Wildman–Crippen LogP) is 2.41. The van der Waals surface area contributed by atoms with Crippen LogP contribution in [0.2, 0.25) is 0 Å². The third kappa shape index (κ3) is 1.49. The minimum atomic E-state index is -0.542. The molecule has 0 amide bonds. The Bertz CT molecular complexity index is 831. The first kappa shape index (κ1) is 12.5. The summed E-state index contributed by atoms with van der Waals surface area (Å²) in [5.41, 5.74) is 3.75. The average Bonchev–Trinajstić information content (AvgIpc) is 2.99. The third-order valence-electron chi connectivity index (χ3n) is 3.43. The van der Waals surface area contributed by atoms with Crippen LogP contribution < -0.4 is 0 Å². The minimum absolute atomic E-state index is 0.250. The molecule has 0 radical (unpaired) electrons. The van der Waals surface area contributed by atoms with Crippen LogP contribution in [-0.4, -0.2) is 30.6 Å². The van der Waals surface area contributed by atoms with Gasteiger partial charge in [-0.1, -0.05) is 0 Å². The molecule has 0 fully saturated rings. The molecule has 0 aliphatic rings. The lowest BCUT2D eigenvalue weighted by atomic mass is 10.1. The monoisotopic (exact) mass is 271 g/mol. The zero-order chi connectivity index (χ0) is 14.4. The number of methoxy groups -OCH3 is 2. The van der Waals surface area contributed by atoms with Crippen LogP contribution in [0.1, 0.15) is 26.3 Å². The fourth-order valence-electron chi connectivity index (χ4n) is 2.64. The quantitative estimate of drug-likeness (QED) is 0.672. The van der Waals surface area contributed by atoms with E-state index in [-0.39, 0.29) is 11.1 Å². The number of ether oxygens (including phenoxy) is 2. The average molecular weight is 271 g/mol. The van der Waals surface area contributed by atoms with E-state index in [4.69, 9.17) is 9.47 Å². The summed E-state index contributed by atoms with van der Waals surface area (Å²) in [7, 11) is 2.59. The first-order chi connectivity index (χ1) is 9.58. The van der Waals surface area contributed by atoms with Crippen LogP contribution in [0, 0.1) is 6.92 Å². The number of rotatable bonds is 2. The molecule has 3 rings (SSSR count). The fraction of sp³-hybridized carbons (Fsp3) is 0.200. The van der Waals surface area contributed by atoms with E-state index in [1.807, 2.05) is 29.5 Å². The SMILES string of the molecule is COC(=O)c1c(C(=O)OC)c2cc(C)cc3ccc1n32. The van der Waals surface area contributed by atoms with Gasteiger partial charge in [-0.3, -0.25) is 0 Å². The topological polar surface area (TPSA) is 57.0 Å². The molecule has 3 aromatic rings. The van der Waals surface area contributed by atoms with Crippen molar-refractivity contribution >= 4 is 28.5 Å². The van der Waals surface area contributed by atoms with Crippen molar-refractivity contribution in [1.29, 1.82) is 0 Å². The molecule has 0 aliphatic heterocycles. The molecule has 3 aromatic heterocycles. The van der Waals surface area contributed by atoms with Crippen LogP contribution in [0.4, 0.5) is 0 Å². The van der Waals surface area contributed by atoms with Crippen molar-refractivity contribution in [2.45, 2.75) is 6.92 Å². The fourth-order valence-corrected chi connectivity index (χ4v) is 2.64. The van der Waals surface area contributed by atoms with Crippen molar-refractivity contribution in [2.75, 3.05) is 14.2 Å². The van der Waals surface area contributed by atoms with Gasteiger partial charge in [-0.2, -0.15) is 0 Å². The van der Waals surface area contributed by atoms with Gasteiger partial charge in [0.25, 0.3) is 0 Å². The van der Waals surface area contributed by atoms with Crippen molar-refractivity contribution in [3.63, 3.8) is 0 Å².